The van der Waals surface area contributed by atoms with Crippen LogP contribution in [0.5, 0.6) is 11.5 Å². The number of fused-ring (bicyclic) bond motifs is 1. The Morgan fingerprint density at radius 3 is 2.59 bits per heavy atom. The standard InChI is InChI=1S/C22H21FN2O4/c1-2-27-19-5-3-4-6-20(19)28-14-21(26)25-12-11-18-17(13-25)22(29-24-18)15-7-9-16(23)10-8-15/h3-10H,2,11-14H2,1H3. The summed E-state index contributed by atoms with van der Waals surface area (Å²) in [5, 5.41) is 4.12. The van der Waals surface area contributed by atoms with Gasteiger partial charge in [0.2, 0.25) is 0 Å². The Balaban J connectivity index is 1.45. The van der Waals surface area contributed by atoms with Gasteiger partial charge in [0, 0.05) is 24.1 Å². The van der Waals surface area contributed by atoms with E-state index in [-0.39, 0.29) is 18.3 Å². The molecule has 2 aromatic carbocycles. The molecule has 0 saturated carbocycles. The van der Waals surface area contributed by atoms with Gasteiger partial charge in [-0.25, -0.2) is 4.39 Å². The average Bonchev–Trinajstić information content (AvgIpc) is 3.17. The minimum Gasteiger partial charge on any atom is -0.490 e. The molecule has 6 nitrogen and oxygen atoms in total. The second-order valence-electron chi connectivity index (χ2n) is 6.68. The van der Waals surface area contributed by atoms with Gasteiger partial charge in [-0.15, -0.1) is 0 Å². The van der Waals surface area contributed by atoms with Crippen LogP contribution < -0.4 is 9.47 Å². The molecule has 150 valence electrons. The summed E-state index contributed by atoms with van der Waals surface area (Å²) < 4.78 is 29.9. The molecule has 1 aromatic heterocycles. The van der Waals surface area contributed by atoms with E-state index in [9.17, 15) is 9.18 Å². The van der Waals surface area contributed by atoms with Crippen molar-refractivity contribution in [2.45, 2.75) is 19.9 Å². The lowest BCUT2D eigenvalue weighted by molar-refractivity contribution is -0.134. The zero-order valence-corrected chi connectivity index (χ0v) is 16.1. The Kier molecular flexibility index (Phi) is 5.46. The van der Waals surface area contributed by atoms with Crippen molar-refractivity contribution in [3.05, 3.63) is 65.6 Å². The van der Waals surface area contributed by atoms with Crippen LogP contribution in [0.15, 0.2) is 53.1 Å². The number of ether oxygens (including phenoxy) is 2. The smallest absolute Gasteiger partial charge is 0.260 e. The molecule has 0 radical (unpaired) electrons. The molecule has 4 rings (SSSR count). The summed E-state index contributed by atoms with van der Waals surface area (Å²) in [6.07, 6.45) is 0.599. The summed E-state index contributed by atoms with van der Waals surface area (Å²) in [4.78, 5) is 14.4. The van der Waals surface area contributed by atoms with Gasteiger partial charge in [-0.1, -0.05) is 17.3 Å². The Hall–Kier alpha value is -3.35. The van der Waals surface area contributed by atoms with E-state index in [4.69, 9.17) is 14.0 Å². The summed E-state index contributed by atoms with van der Waals surface area (Å²) in [7, 11) is 0. The van der Waals surface area contributed by atoms with E-state index < -0.39 is 0 Å². The van der Waals surface area contributed by atoms with Crippen LogP contribution in [0.1, 0.15) is 18.2 Å². The SMILES string of the molecule is CCOc1ccccc1OCC(=O)N1CCc2noc(-c3ccc(F)cc3)c2C1. The molecule has 1 aliphatic heterocycles. The van der Waals surface area contributed by atoms with Crippen molar-refractivity contribution in [3.8, 4) is 22.8 Å². The van der Waals surface area contributed by atoms with Gasteiger partial charge in [0.25, 0.3) is 5.91 Å². The maximum absolute atomic E-state index is 13.2. The fourth-order valence-electron chi connectivity index (χ4n) is 3.33. The van der Waals surface area contributed by atoms with E-state index in [1.807, 2.05) is 25.1 Å². The topological polar surface area (TPSA) is 64.8 Å². The Labute approximate surface area is 167 Å². The molecule has 0 aliphatic carbocycles. The zero-order chi connectivity index (χ0) is 20.2. The van der Waals surface area contributed by atoms with Crippen LogP contribution in [0.25, 0.3) is 11.3 Å². The van der Waals surface area contributed by atoms with Crippen molar-refractivity contribution < 1.29 is 23.2 Å². The van der Waals surface area contributed by atoms with Crippen molar-refractivity contribution in [1.29, 1.82) is 0 Å². The van der Waals surface area contributed by atoms with Crippen molar-refractivity contribution in [2.75, 3.05) is 19.8 Å². The summed E-state index contributed by atoms with van der Waals surface area (Å²) in [5.41, 5.74) is 2.42. The molecule has 3 aromatic rings. The molecule has 0 bridgehead atoms. The highest BCUT2D eigenvalue weighted by Gasteiger charge is 2.27. The number of halogens is 1. The first-order valence-corrected chi connectivity index (χ1v) is 9.51. The highest BCUT2D eigenvalue weighted by Crippen LogP contribution is 2.31. The fourth-order valence-corrected chi connectivity index (χ4v) is 3.33. The zero-order valence-electron chi connectivity index (χ0n) is 16.1. The summed E-state index contributed by atoms with van der Waals surface area (Å²) >= 11 is 0. The second-order valence-corrected chi connectivity index (χ2v) is 6.68. The van der Waals surface area contributed by atoms with Crippen LogP contribution in [-0.4, -0.2) is 35.7 Å². The van der Waals surface area contributed by atoms with Gasteiger partial charge in [-0.3, -0.25) is 4.79 Å². The molecule has 29 heavy (non-hydrogen) atoms. The van der Waals surface area contributed by atoms with Crippen molar-refractivity contribution in [3.63, 3.8) is 0 Å². The third-order valence-corrected chi connectivity index (χ3v) is 4.80. The van der Waals surface area contributed by atoms with E-state index in [1.54, 1.807) is 23.1 Å². The van der Waals surface area contributed by atoms with Gasteiger partial charge in [0.1, 0.15) is 5.82 Å². The first-order chi connectivity index (χ1) is 14.2. The molecule has 0 spiro atoms. The minimum atomic E-state index is -0.316. The lowest BCUT2D eigenvalue weighted by Crippen LogP contribution is -2.38. The van der Waals surface area contributed by atoms with E-state index >= 15 is 0 Å². The number of para-hydroxylation sites is 2. The first kappa shape index (κ1) is 19.0. The second kappa shape index (κ2) is 8.34. The van der Waals surface area contributed by atoms with Crippen LogP contribution in [0, 0.1) is 5.82 Å². The number of benzene rings is 2. The summed E-state index contributed by atoms with van der Waals surface area (Å²) in [5.74, 6) is 1.27. The van der Waals surface area contributed by atoms with Gasteiger partial charge >= 0.3 is 0 Å². The van der Waals surface area contributed by atoms with Crippen LogP contribution in [-0.2, 0) is 17.8 Å². The molecule has 1 amide bonds. The fraction of sp³-hybridized carbons (Fsp3) is 0.273. The van der Waals surface area contributed by atoms with Crippen LogP contribution >= 0.6 is 0 Å². The highest BCUT2D eigenvalue weighted by atomic mass is 19.1. The number of hydrogen-bond donors (Lipinski definition) is 0. The predicted octanol–water partition coefficient (Wildman–Crippen LogP) is 3.84. The predicted molar refractivity (Wildman–Crippen MR) is 104 cm³/mol. The van der Waals surface area contributed by atoms with Crippen molar-refractivity contribution in [2.24, 2.45) is 0 Å². The minimum absolute atomic E-state index is 0.0867. The van der Waals surface area contributed by atoms with Gasteiger partial charge in [0.05, 0.1) is 18.8 Å². The largest absolute Gasteiger partial charge is 0.490 e. The van der Waals surface area contributed by atoms with Gasteiger partial charge < -0.3 is 18.9 Å². The number of carbonyl (C=O) groups is 1. The normalized spacial score (nSPS) is 13.1. The quantitative estimate of drug-likeness (QED) is 0.633. The molecular weight excluding hydrogens is 375 g/mol. The highest BCUT2D eigenvalue weighted by molar-refractivity contribution is 5.78. The summed E-state index contributed by atoms with van der Waals surface area (Å²) in [6.45, 7) is 3.24. The molecule has 0 N–H and O–H groups in total. The van der Waals surface area contributed by atoms with Gasteiger partial charge in [-0.2, -0.15) is 0 Å². The molecule has 0 fully saturated rings. The lowest BCUT2D eigenvalue weighted by atomic mass is 10.0. The first-order valence-electron chi connectivity index (χ1n) is 9.51. The van der Waals surface area contributed by atoms with Gasteiger partial charge in [-0.05, 0) is 43.3 Å². The lowest BCUT2D eigenvalue weighted by Gasteiger charge is -2.26. The van der Waals surface area contributed by atoms with Crippen molar-refractivity contribution in [1.82, 2.24) is 10.1 Å². The van der Waals surface area contributed by atoms with Crippen molar-refractivity contribution >= 4 is 5.91 Å². The van der Waals surface area contributed by atoms with Gasteiger partial charge in [0.15, 0.2) is 23.9 Å². The molecule has 2 heterocycles. The molecule has 0 unspecified atom stereocenters. The van der Waals surface area contributed by atoms with Crippen LogP contribution in [0.4, 0.5) is 4.39 Å². The molecule has 0 atom stereocenters. The maximum atomic E-state index is 13.2. The monoisotopic (exact) mass is 396 g/mol. The van der Waals surface area contributed by atoms with E-state index in [1.165, 1.54) is 12.1 Å². The number of hydrogen-bond acceptors (Lipinski definition) is 5. The number of nitrogens with zero attached hydrogens (tertiary/aromatic N) is 2. The van der Waals surface area contributed by atoms with Crippen LogP contribution in [0.2, 0.25) is 0 Å². The Morgan fingerprint density at radius 2 is 1.86 bits per heavy atom. The Morgan fingerprint density at radius 1 is 1.14 bits per heavy atom. The van der Waals surface area contributed by atoms with E-state index in [0.29, 0.717) is 43.4 Å². The summed E-state index contributed by atoms with van der Waals surface area (Å²) in [6, 6.07) is 13.3. The Bertz CT molecular complexity index is 1000. The molecule has 0 saturated heterocycles. The number of aromatic nitrogens is 1. The average molecular weight is 396 g/mol. The maximum Gasteiger partial charge on any atom is 0.260 e. The third kappa shape index (κ3) is 4.08. The number of amides is 1. The number of rotatable bonds is 6. The third-order valence-electron chi connectivity index (χ3n) is 4.80. The molecule has 1 aliphatic rings. The number of carbonyl (C=O) groups excluding carboxylic acids is 1. The van der Waals surface area contributed by atoms with E-state index in [2.05, 4.69) is 5.16 Å². The molecular formula is C22H21FN2O4. The van der Waals surface area contributed by atoms with Crippen LogP contribution in [0.3, 0.4) is 0 Å². The molecule has 7 heteroatoms. The van der Waals surface area contributed by atoms with E-state index in [0.717, 1.165) is 16.8 Å².